The van der Waals surface area contributed by atoms with Crippen LogP contribution in [0.4, 0.5) is 4.79 Å². The summed E-state index contributed by atoms with van der Waals surface area (Å²) >= 11 is 0. The maximum atomic E-state index is 13.0. The monoisotopic (exact) mass is 575 g/mol. The van der Waals surface area contributed by atoms with E-state index in [0.717, 1.165) is 44.0 Å². The second-order valence-corrected chi connectivity index (χ2v) is 11.8. The molecule has 1 aliphatic rings. The summed E-state index contributed by atoms with van der Waals surface area (Å²) in [5.41, 5.74) is -0.359. The summed E-state index contributed by atoms with van der Waals surface area (Å²) in [5.74, 6) is 0.506. The van der Waals surface area contributed by atoms with Gasteiger partial charge >= 0.3 is 6.09 Å². The largest absolute Gasteiger partial charge is 0.444 e. The van der Waals surface area contributed by atoms with E-state index in [1.807, 2.05) is 30.3 Å². The fourth-order valence-electron chi connectivity index (χ4n) is 5.33. The van der Waals surface area contributed by atoms with Crippen LogP contribution in [0.2, 0.25) is 0 Å². The van der Waals surface area contributed by atoms with Gasteiger partial charge in [-0.15, -0.1) is 0 Å². The minimum atomic E-state index is -1.33. The lowest BCUT2D eigenvalue weighted by Crippen LogP contribution is -2.42. The molecule has 42 heavy (non-hydrogen) atoms. The predicted molar refractivity (Wildman–Crippen MR) is 158 cm³/mol. The Morgan fingerprint density at radius 3 is 2.38 bits per heavy atom. The minimum Gasteiger partial charge on any atom is -0.444 e. The van der Waals surface area contributed by atoms with E-state index >= 15 is 0 Å². The van der Waals surface area contributed by atoms with E-state index in [-0.39, 0.29) is 37.4 Å². The van der Waals surface area contributed by atoms with E-state index in [9.17, 15) is 19.5 Å². The highest BCUT2D eigenvalue weighted by Crippen LogP contribution is 2.43. The molecule has 0 spiro atoms. The first kappa shape index (κ1) is 31.0. The number of nitrogens with one attached hydrogen (secondary N) is 1. The smallest absolute Gasteiger partial charge is 0.410 e. The lowest BCUT2D eigenvalue weighted by molar-refractivity contribution is -0.0240. The molecular formula is C33H41N3O6. The van der Waals surface area contributed by atoms with Crippen LogP contribution in [0, 0.1) is 5.92 Å². The van der Waals surface area contributed by atoms with E-state index in [0.29, 0.717) is 23.3 Å². The Hall–Kier alpha value is -3.98. The Morgan fingerprint density at radius 1 is 1.05 bits per heavy atom. The van der Waals surface area contributed by atoms with Gasteiger partial charge in [-0.3, -0.25) is 9.59 Å². The number of carbonyl (C=O) groups excluding carboxylic acids is 3. The van der Waals surface area contributed by atoms with Crippen LogP contribution < -0.4 is 5.32 Å². The summed E-state index contributed by atoms with van der Waals surface area (Å²) in [6, 6.07) is 15.9. The Labute approximate surface area is 247 Å². The number of aliphatic hydroxyl groups is 1. The van der Waals surface area contributed by atoms with Gasteiger partial charge in [0.15, 0.2) is 5.60 Å². The molecule has 9 heteroatoms. The molecule has 0 unspecified atom stereocenters. The first-order valence-electron chi connectivity index (χ1n) is 14.6. The van der Waals surface area contributed by atoms with E-state index in [2.05, 4.69) is 10.3 Å². The molecule has 4 rings (SSSR count). The van der Waals surface area contributed by atoms with Gasteiger partial charge in [0.1, 0.15) is 17.6 Å². The molecule has 0 bridgehead atoms. The average molecular weight is 576 g/mol. The van der Waals surface area contributed by atoms with Crippen LogP contribution in [0.5, 0.6) is 0 Å². The molecule has 3 aromatic rings. The maximum Gasteiger partial charge on any atom is 0.410 e. The first-order chi connectivity index (χ1) is 20.1. The fourth-order valence-corrected chi connectivity index (χ4v) is 5.33. The van der Waals surface area contributed by atoms with Crippen LogP contribution in [-0.4, -0.2) is 58.5 Å². The zero-order valence-corrected chi connectivity index (χ0v) is 24.7. The highest BCUT2D eigenvalue weighted by Gasteiger charge is 2.44. The summed E-state index contributed by atoms with van der Waals surface area (Å²) in [6.07, 6.45) is 7.23. The molecule has 2 N–H and O–H groups in total. The maximum absolute atomic E-state index is 13.0. The third kappa shape index (κ3) is 7.85. The number of amides is 2. The number of aromatic nitrogens is 1. The molecule has 1 atom stereocenters. The van der Waals surface area contributed by atoms with Crippen molar-refractivity contribution in [2.75, 3.05) is 19.6 Å². The number of ether oxygens (including phenoxy) is 1. The van der Waals surface area contributed by atoms with Gasteiger partial charge in [0.05, 0.1) is 6.20 Å². The van der Waals surface area contributed by atoms with Gasteiger partial charge in [-0.2, -0.15) is 0 Å². The summed E-state index contributed by atoms with van der Waals surface area (Å²) in [4.78, 5) is 42.5. The lowest BCUT2D eigenvalue weighted by Gasteiger charge is -2.36. The third-order valence-electron chi connectivity index (χ3n) is 7.55. The molecule has 1 aliphatic carbocycles. The van der Waals surface area contributed by atoms with E-state index in [1.54, 1.807) is 51.2 Å². The van der Waals surface area contributed by atoms with Gasteiger partial charge in [-0.25, -0.2) is 9.78 Å². The second-order valence-electron chi connectivity index (χ2n) is 11.8. The Balaban J connectivity index is 1.44. The van der Waals surface area contributed by atoms with Gasteiger partial charge in [0.25, 0.3) is 5.91 Å². The molecule has 2 amide bonds. The highest BCUT2D eigenvalue weighted by molar-refractivity contribution is 5.94. The topological polar surface area (TPSA) is 122 Å². The summed E-state index contributed by atoms with van der Waals surface area (Å²) in [6.45, 7) is 6.07. The van der Waals surface area contributed by atoms with E-state index in [4.69, 9.17) is 9.15 Å². The van der Waals surface area contributed by atoms with E-state index in [1.165, 1.54) is 4.90 Å². The molecule has 1 heterocycles. The first-order valence-corrected chi connectivity index (χ1v) is 14.6. The van der Waals surface area contributed by atoms with Crippen molar-refractivity contribution in [3.8, 4) is 0 Å². The SMILES string of the molecule is CC(C)(C)OC(=O)N(CCNC(=O)c1ccc(C=O)cc1)CCc1cnc([C@](O)(c2ccccc2)C2CCCCC2)o1. The molecule has 1 aromatic heterocycles. The van der Waals surface area contributed by atoms with Crippen LogP contribution in [0.25, 0.3) is 0 Å². The molecule has 0 saturated heterocycles. The Kier molecular flexibility index (Phi) is 10.2. The number of oxazole rings is 1. The number of hydrogen-bond acceptors (Lipinski definition) is 7. The molecule has 2 aromatic carbocycles. The Bertz CT molecular complexity index is 1330. The minimum absolute atomic E-state index is 0.00309. The molecule has 0 aliphatic heterocycles. The molecule has 224 valence electrons. The Morgan fingerprint density at radius 2 is 1.74 bits per heavy atom. The van der Waals surface area contributed by atoms with Crippen molar-refractivity contribution in [1.29, 1.82) is 0 Å². The number of hydrogen-bond donors (Lipinski definition) is 2. The number of nitrogens with zero attached hydrogens (tertiary/aromatic N) is 2. The summed E-state index contributed by atoms with van der Waals surface area (Å²) in [7, 11) is 0. The van der Waals surface area contributed by atoms with Crippen molar-refractivity contribution in [1.82, 2.24) is 15.2 Å². The van der Waals surface area contributed by atoms with Crippen molar-refractivity contribution in [3.05, 3.63) is 89.1 Å². The number of benzene rings is 2. The zero-order valence-electron chi connectivity index (χ0n) is 24.7. The van der Waals surface area contributed by atoms with Crippen molar-refractivity contribution in [2.24, 2.45) is 5.92 Å². The molecule has 9 nitrogen and oxygen atoms in total. The number of aldehydes is 1. The third-order valence-corrected chi connectivity index (χ3v) is 7.55. The van der Waals surface area contributed by atoms with Crippen molar-refractivity contribution in [2.45, 2.75) is 70.5 Å². The molecular weight excluding hydrogens is 534 g/mol. The van der Waals surface area contributed by atoms with Gasteiger partial charge in [-0.1, -0.05) is 61.7 Å². The normalized spacial score (nSPS) is 15.4. The standard InChI is InChI=1S/C33H41N3O6/c1-32(2,3)42-31(39)36(21-19-34-29(38)25-16-14-24(23-37)15-17-25)20-18-28-22-35-30(41-28)33(40,26-10-6-4-7-11-26)27-12-8-5-9-13-27/h4,6-7,10-11,14-17,22-23,27,40H,5,8-9,12-13,18-21H2,1-3H3,(H,34,38)/t33-/m0/s1. The van der Waals surface area contributed by atoms with Crippen molar-refractivity contribution >= 4 is 18.3 Å². The van der Waals surface area contributed by atoms with Gasteiger partial charge in [-0.05, 0) is 51.3 Å². The van der Waals surface area contributed by atoms with Gasteiger partial charge in [0, 0.05) is 43.1 Å². The van der Waals surface area contributed by atoms with Crippen LogP contribution in [0.3, 0.4) is 0 Å². The molecule has 1 fully saturated rings. The summed E-state index contributed by atoms with van der Waals surface area (Å²) < 4.78 is 11.8. The quantitative estimate of drug-likeness (QED) is 0.289. The molecule has 1 saturated carbocycles. The average Bonchev–Trinajstić information content (AvgIpc) is 3.48. The number of carbonyl (C=O) groups is 3. The zero-order chi connectivity index (χ0) is 30.2. The predicted octanol–water partition coefficient (Wildman–Crippen LogP) is 5.51. The van der Waals surface area contributed by atoms with Crippen LogP contribution >= 0.6 is 0 Å². The van der Waals surface area contributed by atoms with Crippen LogP contribution in [-0.2, 0) is 16.8 Å². The second kappa shape index (κ2) is 13.8. The number of rotatable bonds is 11. The van der Waals surface area contributed by atoms with Gasteiger partial charge < -0.3 is 24.5 Å². The van der Waals surface area contributed by atoms with Crippen LogP contribution in [0.15, 0.2) is 65.2 Å². The van der Waals surface area contributed by atoms with E-state index < -0.39 is 17.3 Å². The lowest BCUT2D eigenvalue weighted by atomic mass is 9.73. The van der Waals surface area contributed by atoms with Crippen LogP contribution in [0.1, 0.15) is 90.8 Å². The molecule has 0 radical (unpaired) electrons. The van der Waals surface area contributed by atoms with Gasteiger partial charge in [0.2, 0.25) is 5.89 Å². The summed E-state index contributed by atoms with van der Waals surface area (Å²) in [5, 5.41) is 14.9. The van der Waals surface area contributed by atoms with Crippen molar-refractivity contribution < 1.29 is 28.6 Å². The fraction of sp³-hybridized carbons (Fsp3) is 0.455. The van der Waals surface area contributed by atoms with Crippen molar-refractivity contribution in [3.63, 3.8) is 0 Å². The highest BCUT2D eigenvalue weighted by atomic mass is 16.6.